The van der Waals surface area contributed by atoms with E-state index in [1.807, 2.05) is 18.2 Å². The first-order valence-electron chi connectivity index (χ1n) is 7.80. The van der Waals surface area contributed by atoms with Crippen molar-refractivity contribution in [2.24, 2.45) is 5.92 Å². The third-order valence-electron chi connectivity index (χ3n) is 4.18. The van der Waals surface area contributed by atoms with Crippen molar-refractivity contribution >= 4 is 5.91 Å². The normalized spacial score (nSPS) is 14.9. The Morgan fingerprint density at radius 3 is 2.35 bits per heavy atom. The summed E-state index contributed by atoms with van der Waals surface area (Å²) in [5, 5.41) is 3.17. The molecular weight excluding hydrogens is 290 g/mol. The minimum atomic E-state index is -0.0910. The molecule has 4 heteroatoms. The lowest BCUT2D eigenvalue weighted by Crippen LogP contribution is -2.29. The maximum atomic E-state index is 12.6. The number of hydrogen-bond acceptors (Lipinski definition) is 3. The van der Waals surface area contributed by atoms with Gasteiger partial charge in [-0.15, -0.1) is 0 Å². The van der Waals surface area contributed by atoms with Crippen LogP contribution in [0.15, 0.2) is 48.5 Å². The summed E-state index contributed by atoms with van der Waals surface area (Å²) in [5.74, 6) is 1.61. The molecule has 1 atom stereocenters. The van der Waals surface area contributed by atoms with E-state index in [9.17, 15) is 4.79 Å². The van der Waals surface area contributed by atoms with Gasteiger partial charge in [-0.25, -0.2) is 0 Å². The van der Waals surface area contributed by atoms with Crippen LogP contribution in [-0.2, 0) is 0 Å². The van der Waals surface area contributed by atoms with Crippen LogP contribution >= 0.6 is 0 Å². The Hall–Kier alpha value is -2.49. The molecule has 2 aromatic rings. The third-order valence-corrected chi connectivity index (χ3v) is 4.18. The summed E-state index contributed by atoms with van der Waals surface area (Å²) in [4.78, 5) is 12.6. The molecule has 1 saturated carbocycles. The highest BCUT2D eigenvalue weighted by atomic mass is 16.5. The summed E-state index contributed by atoms with van der Waals surface area (Å²) in [6.07, 6.45) is 2.32. The topological polar surface area (TPSA) is 47.6 Å². The van der Waals surface area contributed by atoms with E-state index >= 15 is 0 Å². The maximum Gasteiger partial charge on any atom is 0.251 e. The minimum absolute atomic E-state index is 0.0665. The van der Waals surface area contributed by atoms with Crippen molar-refractivity contribution in [1.82, 2.24) is 5.32 Å². The van der Waals surface area contributed by atoms with Crippen molar-refractivity contribution in [3.63, 3.8) is 0 Å². The van der Waals surface area contributed by atoms with E-state index in [-0.39, 0.29) is 11.9 Å². The minimum Gasteiger partial charge on any atom is -0.493 e. The number of benzene rings is 2. The van der Waals surface area contributed by atoms with Crippen molar-refractivity contribution in [1.29, 1.82) is 0 Å². The molecule has 1 N–H and O–H groups in total. The van der Waals surface area contributed by atoms with E-state index in [0.29, 0.717) is 23.0 Å². The maximum absolute atomic E-state index is 12.6. The van der Waals surface area contributed by atoms with Gasteiger partial charge in [0.15, 0.2) is 11.5 Å². The van der Waals surface area contributed by atoms with Crippen molar-refractivity contribution in [3.05, 3.63) is 59.7 Å². The van der Waals surface area contributed by atoms with Gasteiger partial charge in [0.25, 0.3) is 5.91 Å². The molecule has 1 aliphatic carbocycles. The zero-order valence-corrected chi connectivity index (χ0v) is 13.4. The van der Waals surface area contributed by atoms with E-state index in [4.69, 9.17) is 9.47 Å². The average molecular weight is 311 g/mol. The number of hydrogen-bond donors (Lipinski definition) is 1. The van der Waals surface area contributed by atoms with Crippen molar-refractivity contribution in [2.75, 3.05) is 14.2 Å². The summed E-state index contributed by atoms with van der Waals surface area (Å²) >= 11 is 0. The summed E-state index contributed by atoms with van der Waals surface area (Å²) < 4.78 is 10.5. The SMILES string of the molecule is COc1ccc(C(=O)N[C@H](c2ccccc2)C2CC2)cc1OC. The highest BCUT2D eigenvalue weighted by Gasteiger charge is 2.33. The van der Waals surface area contributed by atoms with Crippen LogP contribution in [-0.4, -0.2) is 20.1 Å². The molecule has 4 nitrogen and oxygen atoms in total. The smallest absolute Gasteiger partial charge is 0.251 e. The first-order chi connectivity index (χ1) is 11.2. The molecule has 0 aliphatic heterocycles. The van der Waals surface area contributed by atoms with Gasteiger partial charge in [0.2, 0.25) is 0 Å². The van der Waals surface area contributed by atoms with E-state index in [1.54, 1.807) is 32.4 Å². The zero-order valence-electron chi connectivity index (χ0n) is 13.4. The monoisotopic (exact) mass is 311 g/mol. The van der Waals surface area contributed by atoms with Crippen LogP contribution in [0, 0.1) is 5.92 Å². The van der Waals surface area contributed by atoms with Gasteiger partial charge >= 0.3 is 0 Å². The highest BCUT2D eigenvalue weighted by Crippen LogP contribution is 2.41. The first-order valence-corrected chi connectivity index (χ1v) is 7.80. The van der Waals surface area contributed by atoms with Crippen LogP contribution in [0.5, 0.6) is 11.5 Å². The van der Waals surface area contributed by atoms with Crippen LogP contribution in [0.25, 0.3) is 0 Å². The zero-order chi connectivity index (χ0) is 16.2. The Morgan fingerprint density at radius 2 is 1.74 bits per heavy atom. The standard InChI is InChI=1S/C19H21NO3/c1-22-16-11-10-15(12-17(16)23-2)19(21)20-18(14-8-9-14)13-6-4-3-5-7-13/h3-7,10-12,14,18H,8-9H2,1-2H3,(H,20,21)/t18-/m1/s1. The van der Waals surface area contributed by atoms with Gasteiger partial charge in [-0.3, -0.25) is 4.79 Å². The van der Waals surface area contributed by atoms with Crippen molar-refractivity contribution in [3.8, 4) is 11.5 Å². The van der Waals surface area contributed by atoms with Gasteiger partial charge in [0.05, 0.1) is 20.3 Å². The predicted octanol–water partition coefficient (Wildman–Crippen LogP) is 3.58. The molecular formula is C19H21NO3. The lowest BCUT2D eigenvalue weighted by molar-refractivity contribution is 0.0931. The number of carbonyl (C=O) groups excluding carboxylic acids is 1. The van der Waals surface area contributed by atoms with Crippen molar-refractivity contribution in [2.45, 2.75) is 18.9 Å². The fourth-order valence-electron chi connectivity index (χ4n) is 2.77. The molecule has 120 valence electrons. The molecule has 23 heavy (non-hydrogen) atoms. The fourth-order valence-corrected chi connectivity index (χ4v) is 2.77. The average Bonchev–Trinajstić information content (AvgIpc) is 3.44. The van der Waals surface area contributed by atoms with Gasteiger partial charge in [0, 0.05) is 5.56 Å². The second-order valence-electron chi connectivity index (χ2n) is 5.77. The Morgan fingerprint density at radius 1 is 1.04 bits per heavy atom. The predicted molar refractivity (Wildman–Crippen MR) is 88.9 cm³/mol. The Bertz CT molecular complexity index is 680. The van der Waals surface area contributed by atoms with Crippen molar-refractivity contribution < 1.29 is 14.3 Å². The molecule has 0 spiro atoms. The molecule has 0 unspecified atom stereocenters. The van der Waals surface area contributed by atoms with Crippen LogP contribution < -0.4 is 14.8 Å². The Kier molecular flexibility index (Phi) is 4.51. The van der Waals surface area contributed by atoms with Crippen LogP contribution in [0.1, 0.15) is 34.8 Å². The van der Waals surface area contributed by atoms with Crippen LogP contribution in [0.4, 0.5) is 0 Å². The number of nitrogens with one attached hydrogen (secondary N) is 1. The second kappa shape index (κ2) is 6.73. The van der Waals surface area contributed by atoms with Crippen LogP contribution in [0.2, 0.25) is 0 Å². The van der Waals surface area contributed by atoms with E-state index < -0.39 is 0 Å². The third kappa shape index (κ3) is 3.47. The van der Waals surface area contributed by atoms with Gasteiger partial charge in [-0.2, -0.15) is 0 Å². The number of rotatable bonds is 6. The lowest BCUT2D eigenvalue weighted by Gasteiger charge is -2.19. The molecule has 3 rings (SSSR count). The molecule has 1 amide bonds. The summed E-state index contributed by atoms with van der Waals surface area (Å²) in [7, 11) is 3.15. The molecule has 0 heterocycles. The number of carbonyl (C=O) groups is 1. The lowest BCUT2D eigenvalue weighted by atomic mass is 10.0. The summed E-state index contributed by atoms with van der Waals surface area (Å²) in [6, 6.07) is 15.4. The van der Waals surface area contributed by atoms with Gasteiger partial charge in [-0.05, 0) is 42.5 Å². The largest absolute Gasteiger partial charge is 0.493 e. The number of methoxy groups -OCH3 is 2. The van der Waals surface area contributed by atoms with Gasteiger partial charge < -0.3 is 14.8 Å². The fraction of sp³-hybridized carbons (Fsp3) is 0.316. The van der Waals surface area contributed by atoms with Gasteiger partial charge in [-0.1, -0.05) is 30.3 Å². The molecule has 0 bridgehead atoms. The molecule has 0 radical (unpaired) electrons. The quantitative estimate of drug-likeness (QED) is 0.887. The molecule has 0 saturated heterocycles. The molecule has 1 fully saturated rings. The second-order valence-corrected chi connectivity index (χ2v) is 5.77. The number of ether oxygens (including phenoxy) is 2. The van der Waals surface area contributed by atoms with E-state index in [2.05, 4.69) is 17.4 Å². The van der Waals surface area contributed by atoms with Gasteiger partial charge in [0.1, 0.15) is 0 Å². The Balaban J connectivity index is 1.80. The highest BCUT2D eigenvalue weighted by molar-refractivity contribution is 5.95. The Labute approximate surface area is 136 Å². The van der Waals surface area contributed by atoms with E-state index in [1.165, 1.54) is 0 Å². The molecule has 2 aromatic carbocycles. The summed E-state index contributed by atoms with van der Waals surface area (Å²) in [6.45, 7) is 0. The first kappa shape index (κ1) is 15.4. The number of amides is 1. The van der Waals surface area contributed by atoms with E-state index in [0.717, 1.165) is 18.4 Å². The molecule has 1 aliphatic rings. The van der Waals surface area contributed by atoms with Crippen LogP contribution in [0.3, 0.4) is 0 Å². The summed E-state index contributed by atoms with van der Waals surface area (Å²) in [5.41, 5.74) is 1.73. The molecule has 0 aromatic heterocycles.